The molecule has 3 atom stereocenters. The van der Waals surface area contributed by atoms with Crippen LogP contribution in [0.25, 0.3) is 0 Å². The van der Waals surface area contributed by atoms with Gasteiger partial charge >= 0.3 is 18.1 Å². The lowest BCUT2D eigenvalue weighted by Gasteiger charge is -2.39. The second-order valence-electron chi connectivity index (χ2n) is 9.12. The van der Waals surface area contributed by atoms with E-state index >= 15 is 0 Å². The van der Waals surface area contributed by atoms with Gasteiger partial charge < -0.3 is 20.1 Å². The molecule has 0 radical (unpaired) electrons. The number of carboxylic acid groups (broad SMARTS) is 1. The van der Waals surface area contributed by atoms with Crippen LogP contribution < -0.4 is 10.0 Å². The Morgan fingerprint density at radius 1 is 1.18 bits per heavy atom. The van der Waals surface area contributed by atoms with E-state index < -0.39 is 87.3 Å². The molecular formula is C23H30F3N3O8S. The smallest absolute Gasteiger partial charge is 0.416 e. The second kappa shape index (κ2) is 12.6. The third kappa shape index (κ3) is 8.15. The van der Waals surface area contributed by atoms with Gasteiger partial charge in [0, 0.05) is 19.0 Å². The van der Waals surface area contributed by atoms with Crippen LogP contribution in [-0.4, -0.2) is 74.0 Å². The van der Waals surface area contributed by atoms with Crippen molar-refractivity contribution in [2.75, 3.05) is 13.7 Å². The molecule has 11 nitrogen and oxygen atoms in total. The van der Waals surface area contributed by atoms with E-state index in [1.807, 2.05) is 0 Å². The second-order valence-corrected chi connectivity index (χ2v) is 10.8. The Morgan fingerprint density at radius 3 is 2.39 bits per heavy atom. The molecule has 3 unspecified atom stereocenters. The third-order valence-corrected chi connectivity index (χ3v) is 7.51. The number of hydrogen-bond acceptors (Lipinski definition) is 7. The Labute approximate surface area is 217 Å². The summed E-state index contributed by atoms with van der Waals surface area (Å²) < 4.78 is 71.9. The topological polar surface area (TPSA) is 159 Å². The van der Waals surface area contributed by atoms with Crippen molar-refractivity contribution in [1.82, 2.24) is 14.9 Å². The van der Waals surface area contributed by atoms with Gasteiger partial charge in [0.25, 0.3) is 0 Å². The van der Waals surface area contributed by atoms with Gasteiger partial charge in [-0.2, -0.15) is 13.2 Å². The van der Waals surface area contributed by atoms with Crippen molar-refractivity contribution in [3.63, 3.8) is 0 Å². The lowest BCUT2D eigenvalue weighted by Crippen LogP contribution is -2.59. The SMILES string of the molecule is COC(=O)C(NC(=O)C1CC(NS(=O)(=O)c2cccc(C(F)(F)F)c2)CCN1C(=O)CCC(=O)O)C(C)C. The zero-order valence-corrected chi connectivity index (χ0v) is 21.8. The Bertz CT molecular complexity index is 1160. The van der Waals surface area contributed by atoms with E-state index in [1.165, 1.54) is 0 Å². The predicted octanol–water partition coefficient (Wildman–Crippen LogP) is 1.52. The molecule has 2 amide bonds. The fourth-order valence-electron chi connectivity index (χ4n) is 3.98. The summed E-state index contributed by atoms with van der Waals surface area (Å²) in [6.07, 6.45) is -5.93. The summed E-state index contributed by atoms with van der Waals surface area (Å²) in [5, 5.41) is 11.4. The van der Waals surface area contributed by atoms with Crippen LogP contribution in [0.4, 0.5) is 13.2 Å². The van der Waals surface area contributed by atoms with Gasteiger partial charge in [0.2, 0.25) is 21.8 Å². The number of esters is 1. The monoisotopic (exact) mass is 565 g/mol. The van der Waals surface area contributed by atoms with Gasteiger partial charge in [-0.25, -0.2) is 17.9 Å². The molecular weight excluding hydrogens is 535 g/mol. The maximum Gasteiger partial charge on any atom is 0.416 e. The number of halogens is 3. The highest BCUT2D eigenvalue weighted by Crippen LogP contribution is 2.31. The molecule has 0 aromatic heterocycles. The minimum absolute atomic E-state index is 0.00535. The number of likely N-dealkylation sites (tertiary alicyclic amines) is 1. The molecule has 0 saturated carbocycles. The maximum atomic E-state index is 13.2. The summed E-state index contributed by atoms with van der Waals surface area (Å²) in [7, 11) is -3.31. The number of ether oxygens (including phenoxy) is 1. The van der Waals surface area contributed by atoms with Crippen LogP contribution in [0.5, 0.6) is 0 Å². The molecule has 0 aliphatic carbocycles. The van der Waals surface area contributed by atoms with E-state index in [1.54, 1.807) is 13.8 Å². The number of methoxy groups -OCH3 is 1. The summed E-state index contributed by atoms with van der Waals surface area (Å²) in [6.45, 7) is 3.14. The van der Waals surface area contributed by atoms with E-state index in [0.29, 0.717) is 6.07 Å². The van der Waals surface area contributed by atoms with Crippen molar-refractivity contribution >= 4 is 33.8 Å². The Kier molecular flexibility index (Phi) is 10.3. The van der Waals surface area contributed by atoms with Gasteiger partial charge in [0.15, 0.2) is 0 Å². The molecule has 1 aliphatic heterocycles. The average Bonchev–Trinajstić information content (AvgIpc) is 2.84. The fraction of sp³-hybridized carbons (Fsp3) is 0.565. The number of sulfonamides is 1. The van der Waals surface area contributed by atoms with E-state index in [4.69, 9.17) is 9.84 Å². The highest BCUT2D eigenvalue weighted by atomic mass is 32.2. The van der Waals surface area contributed by atoms with E-state index in [2.05, 4.69) is 10.0 Å². The minimum Gasteiger partial charge on any atom is -0.481 e. The van der Waals surface area contributed by atoms with Gasteiger partial charge in [-0.3, -0.25) is 14.4 Å². The standard InChI is InChI=1S/C23H30F3N3O8S/c1-13(2)20(22(34)37-3)27-21(33)17-12-15(9-10-29(17)18(30)7-8-19(31)32)28-38(35,36)16-6-4-5-14(11-16)23(24,25)26/h4-6,11,13,15,17,20,28H,7-10,12H2,1-3H3,(H,27,33)(H,31,32). The van der Waals surface area contributed by atoms with Crippen LogP contribution in [0.3, 0.4) is 0 Å². The first-order valence-electron chi connectivity index (χ1n) is 11.7. The minimum atomic E-state index is -4.76. The molecule has 1 fully saturated rings. The number of hydrogen-bond donors (Lipinski definition) is 3. The highest BCUT2D eigenvalue weighted by molar-refractivity contribution is 7.89. The number of aliphatic carboxylic acids is 1. The van der Waals surface area contributed by atoms with Crippen molar-refractivity contribution in [3.05, 3.63) is 29.8 Å². The first-order valence-corrected chi connectivity index (χ1v) is 13.1. The van der Waals surface area contributed by atoms with E-state index in [-0.39, 0.29) is 19.4 Å². The number of nitrogens with one attached hydrogen (secondary N) is 2. The van der Waals surface area contributed by atoms with Crippen LogP contribution in [0.15, 0.2) is 29.2 Å². The van der Waals surface area contributed by atoms with Crippen LogP contribution in [0, 0.1) is 5.92 Å². The number of piperidine rings is 1. The van der Waals surface area contributed by atoms with Crippen LogP contribution in [0.2, 0.25) is 0 Å². The molecule has 1 aromatic carbocycles. The van der Waals surface area contributed by atoms with Gasteiger partial charge in [0.05, 0.1) is 24.0 Å². The molecule has 38 heavy (non-hydrogen) atoms. The number of rotatable bonds is 10. The molecule has 1 saturated heterocycles. The summed E-state index contributed by atoms with van der Waals surface area (Å²) >= 11 is 0. The molecule has 1 aliphatic rings. The Balaban J connectivity index is 2.30. The van der Waals surface area contributed by atoms with E-state index in [0.717, 1.165) is 30.2 Å². The molecule has 1 heterocycles. The predicted molar refractivity (Wildman–Crippen MR) is 126 cm³/mol. The Hall–Kier alpha value is -3.20. The molecule has 1 aromatic rings. The van der Waals surface area contributed by atoms with Crippen molar-refractivity contribution in [3.8, 4) is 0 Å². The first-order chi connectivity index (χ1) is 17.6. The van der Waals surface area contributed by atoms with Crippen molar-refractivity contribution in [2.45, 2.75) is 68.7 Å². The lowest BCUT2D eigenvalue weighted by molar-refractivity contribution is -0.149. The Morgan fingerprint density at radius 2 is 1.84 bits per heavy atom. The summed E-state index contributed by atoms with van der Waals surface area (Å²) in [5.74, 6) is -3.82. The normalized spacial score (nSPS) is 19.1. The van der Waals surface area contributed by atoms with Gasteiger partial charge in [-0.05, 0) is 37.0 Å². The number of alkyl halides is 3. The number of amides is 2. The van der Waals surface area contributed by atoms with Crippen LogP contribution in [-0.2, 0) is 40.1 Å². The fourth-order valence-corrected chi connectivity index (χ4v) is 5.31. The molecule has 2 rings (SSSR count). The van der Waals surface area contributed by atoms with Crippen molar-refractivity contribution in [2.24, 2.45) is 5.92 Å². The quantitative estimate of drug-likeness (QED) is 0.360. The van der Waals surface area contributed by atoms with Crippen molar-refractivity contribution in [1.29, 1.82) is 0 Å². The van der Waals surface area contributed by atoms with Crippen LogP contribution >= 0.6 is 0 Å². The van der Waals surface area contributed by atoms with Crippen LogP contribution in [0.1, 0.15) is 45.1 Å². The zero-order valence-electron chi connectivity index (χ0n) is 20.9. The number of carbonyl (C=O) groups is 4. The molecule has 0 bridgehead atoms. The third-order valence-electron chi connectivity index (χ3n) is 5.99. The number of carboxylic acids is 1. The van der Waals surface area contributed by atoms with Gasteiger partial charge in [-0.15, -0.1) is 0 Å². The number of nitrogens with zero attached hydrogens (tertiary/aromatic N) is 1. The summed E-state index contributed by atoms with van der Waals surface area (Å²) in [5.41, 5.74) is -1.15. The first kappa shape index (κ1) is 31.0. The lowest BCUT2D eigenvalue weighted by atomic mass is 9.95. The van der Waals surface area contributed by atoms with Gasteiger partial charge in [-0.1, -0.05) is 19.9 Å². The molecule has 3 N–H and O–H groups in total. The highest BCUT2D eigenvalue weighted by Gasteiger charge is 2.40. The summed E-state index contributed by atoms with van der Waals surface area (Å²) in [6, 6.07) is -0.153. The molecule has 15 heteroatoms. The van der Waals surface area contributed by atoms with Gasteiger partial charge in [0.1, 0.15) is 12.1 Å². The summed E-state index contributed by atoms with van der Waals surface area (Å²) in [4.78, 5) is 49.4. The zero-order chi connectivity index (χ0) is 28.8. The maximum absolute atomic E-state index is 13.2. The van der Waals surface area contributed by atoms with Crippen molar-refractivity contribution < 1.29 is 50.6 Å². The molecule has 212 valence electrons. The number of benzene rings is 1. The average molecular weight is 566 g/mol. The largest absolute Gasteiger partial charge is 0.481 e. The van der Waals surface area contributed by atoms with E-state index in [9.17, 15) is 40.8 Å². The number of carbonyl (C=O) groups excluding carboxylic acids is 3. The molecule has 0 spiro atoms.